The summed E-state index contributed by atoms with van der Waals surface area (Å²) in [6, 6.07) is -1.13. The van der Waals surface area contributed by atoms with Gasteiger partial charge in [0.25, 0.3) is 0 Å². The van der Waals surface area contributed by atoms with Gasteiger partial charge in [-0.3, -0.25) is 14.5 Å². The van der Waals surface area contributed by atoms with Crippen LogP contribution in [0.3, 0.4) is 0 Å². The molecule has 0 bridgehead atoms. The van der Waals surface area contributed by atoms with Gasteiger partial charge in [-0.1, -0.05) is 61.0 Å². The first-order chi connectivity index (χ1) is 14.7. The number of carboxylic acids is 1. The third kappa shape index (κ3) is 7.91. The fourth-order valence-corrected chi connectivity index (χ4v) is 4.01. The van der Waals surface area contributed by atoms with Crippen molar-refractivity contribution in [2.45, 2.75) is 106 Å². The number of rotatable bonds is 9. The molecule has 1 aliphatic heterocycles. The Hall–Kier alpha value is -1.89. The predicted octanol–water partition coefficient (Wildman–Crippen LogP) is 3.59. The maximum Gasteiger partial charge on any atom is 0.331 e. The lowest BCUT2D eigenvalue weighted by molar-refractivity contribution is -0.136. The van der Waals surface area contributed by atoms with Crippen molar-refractivity contribution >= 4 is 17.8 Å². The molecule has 32 heavy (non-hydrogen) atoms. The van der Waals surface area contributed by atoms with Gasteiger partial charge in [0.15, 0.2) is 0 Å². The van der Waals surface area contributed by atoms with Gasteiger partial charge in [0, 0.05) is 11.6 Å². The molecule has 0 aromatic heterocycles. The highest BCUT2D eigenvalue weighted by molar-refractivity contribution is 5.91. The van der Waals surface area contributed by atoms with Crippen LogP contribution in [0.15, 0.2) is 11.6 Å². The van der Waals surface area contributed by atoms with Crippen molar-refractivity contribution in [3.8, 4) is 0 Å². The van der Waals surface area contributed by atoms with Crippen molar-refractivity contribution in [2.24, 2.45) is 17.3 Å². The van der Waals surface area contributed by atoms with Crippen LogP contribution in [0, 0.1) is 17.3 Å². The molecule has 7 nitrogen and oxygen atoms in total. The minimum absolute atomic E-state index is 0.00490. The van der Waals surface area contributed by atoms with Gasteiger partial charge >= 0.3 is 5.97 Å². The molecule has 1 fully saturated rings. The number of carbonyl (C=O) groups is 3. The van der Waals surface area contributed by atoms with Crippen molar-refractivity contribution < 1.29 is 19.5 Å². The average molecular weight is 452 g/mol. The van der Waals surface area contributed by atoms with Crippen LogP contribution in [-0.2, 0) is 14.4 Å². The number of piperidine rings is 1. The van der Waals surface area contributed by atoms with Crippen molar-refractivity contribution in [2.75, 3.05) is 6.54 Å². The molecule has 1 aliphatic rings. The second-order valence-electron chi connectivity index (χ2n) is 11.0. The van der Waals surface area contributed by atoms with Crippen LogP contribution in [0.1, 0.15) is 81.6 Å². The summed E-state index contributed by atoms with van der Waals surface area (Å²) < 4.78 is 0. The maximum absolute atomic E-state index is 13.4. The molecular formula is C25H45N3O4. The third-order valence-corrected chi connectivity index (χ3v) is 6.54. The Bertz CT molecular complexity index is 694. The molecule has 1 saturated heterocycles. The molecule has 1 rings (SSSR count). The van der Waals surface area contributed by atoms with E-state index >= 15 is 0 Å². The number of hydrogen-bond donors (Lipinski definition) is 3. The van der Waals surface area contributed by atoms with Gasteiger partial charge in [0.1, 0.15) is 6.04 Å². The fourth-order valence-electron chi connectivity index (χ4n) is 4.01. The van der Waals surface area contributed by atoms with Gasteiger partial charge in [-0.25, -0.2) is 4.79 Å². The molecule has 0 radical (unpaired) electrons. The lowest BCUT2D eigenvalue weighted by Gasteiger charge is -2.42. The van der Waals surface area contributed by atoms with Crippen LogP contribution in [0.4, 0.5) is 0 Å². The lowest BCUT2D eigenvalue weighted by Crippen LogP contribution is -2.61. The van der Waals surface area contributed by atoms with Crippen LogP contribution >= 0.6 is 0 Å². The Morgan fingerprint density at radius 1 is 1.00 bits per heavy atom. The summed E-state index contributed by atoms with van der Waals surface area (Å²) in [5.41, 5.74) is -0.323. The molecule has 0 aromatic carbocycles. The summed E-state index contributed by atoms with van der Waals surface area (Å²) >= 11 is 0. The summed E-state index contributed by atoms with van der Waals surface area (Å²) in [6.07, 6.45) is 4.44. The van der Waals surface area contributed by atoms with E-state index < -0.39 is 23.5 Å². The first-order valence-electron chi connectivity index (χ1n) is 11.9. The Morgan fingerprint density at radius 2 is 1.59 bits per heavy atom. The Labute approximate surface area is 194 Å². The average Bonchev–Trinajstić information content (AvgIpc) is 2.69. The molecule has 0 aromatic rings. The van der Waals surface area contributed by atoms with Crippen LogP contribution in [0.2, 0.25) is 0 Å². The van der Waals surface area contributed by atoms with Crippen LogP contribution in [0.5, 0.6) is 0 Å². The van der Waals surface area contributed by atoms with Crippen molar-refractivity contribution in [1.82, 2.24) is 15.5 Å². The van der Waals surface area contributed by atoms with E-state index in [1.54, 1.807) is 6.08 Å². The molecule has 2 amide bonds. The van der Waals surface area contributed by atoms with E-state index in [1.165, 1.54) is 6.92 Å². The van der Waals surface area contributed by atoms with Gasteiger partial charge in [0.05, 0.1) is 12.1 Å². The minimum Gasteiger partial charge on any atom is -0.478 e. The second-order valence-corrected chi connectivity index (χ2v) is 11.0. The van der Waals surface area contributed by atoms with E-state index in [-0.39, 0.29) is 35.4 Å². The number of nitrogens with one attached hydrogen (secondary N) is 2. The lowest BCUT2D eigenvalue weighted by atomic mass is 9.85. The van der Waals surface area contributed by atoms with E-state index in [0.717, 1.165) is 25.8 Å². The zero-order chi connectivity index (χ0) is 24.8. The molecule has 0 saturated carbocycles. The molecule has 0 aliphatic carbocycles. The van der Waals surface area contributed by atoms with Crippen molar-refractivity contribution in [3.05, 3.63) is 11.6 Å². The molecular weight excluding hydrogens is 406 g/mol. The topological polar surface area (TPSA) is 98.7 Å². The fraction of sp³-hybridized carbons (Fsp3) is 0.800. The van der Waals surface area contributed by atoms with Crippen LogP contribution in [-0.4, -0.2) is 58.5 Å². The van der Waals surface area contributed by atoms with Gasteiger partial charge in [-0.15, -0.1) is 0 Å². The number of hydrogen-bond acceptors (Lipinski definition) is 4. The van der Waals surface area contributed by atoms with Gasteiger partial charge in [-0.2, -0.15) is 0 Å². The van der Waals surface area contributed by atoms with E-state index in [4.69, 9.17) is 0 Å². The van der Waals surface area contributed by atoms with Crippen molar-refractivity contribution in [3.63, 3.8) is 0 Å². The molecule has 0 spiro atoms. The summed E-state index contributed by atoms with van der Waals surface area (Å²) in [4.78, 5) is 40.2. The third-order valence-electron chi connectivity index (χ3n) is 6.54. The first kappa shape index (κ1) is 28.1. The summed E-state index contributed by atoms with van der Waals surface area (Å²) in [5.74, 6) is -0.974. The van der Waals surface area contributed by atoms with Crippen molar-refractivity contribution in [1.29, 1.82) is 0 Å². The van der Waals surface area contributed by atoms with Gasteiger partial charge in [-0.05, 0) is 50.5 Å². The van der Waals surface area contributed by atoms with E-state index in [2.05, 4.69) is 36.3 Å². The van der Waals surface area contributed by atoms with Crippen LogP contribution < -0.4 is 10.6 Å². The zero-order valence-electron chi connectivity index (χ0n) is 21.5. The molecule has 3 N–H and O–H groups in total. The first-order valence-corrected chi connectivity index (χ1v) is 11.9. The highest BCUT2D eigenvalue weighted by atomic mass is 16.4. The number of carbonyl (C=O) groups excluding carboxylic acids is 2. The van der Waals surface area contributed by atoms with Crippen LogP contribution in [0.25, 0.3) is 0 Å². The molecule has 2 unspecified atom stereocenters. The largest absolute Gasteiger partial charge is 0.478 e. The smallest absolute Gasteiger partial charge is 0.331 e. The highest BCUT2D eigenvalue weighted by Crippen LogP contribution is 2.25. The monoisotopic (exact) mass is 451 g/mol. The number of amides is 2. The van der Waals surface area contributed by atoms with Gasteiger partial charge in [0.2, 0.25) is 11.8 Å². The summed E-state index contributed by atoms with van der Waals surface area (Å²) in [7, 11) is 0. The van der Waals surface area contributed by atoms with E-state index in [1.807, 2.05) is 34.6 Å². The maximum atomic E-state index is 13.4. The molecule has 184 valence electrons. The number of carboxylic acid groups (broad SMARTS) is 1. The predicted molar refractivity (Wildman–Crippen MR) is 128 cm³/mol. The Balaban J connectivity index is 3.07. The number of likely N-dealkylation sites (tertiary alicyclic amines) is 1. The quantitative estimate of drug-likeness (QED) is 0.465. The summed E-state index contributed by atoms with van der Waals surface area (Å²) in [5, 5.41) is 15.2. The summed E-state index contributed by atoms with van der Waals surface area (Å²) in [6.45, 7) is 18.5. The number of aliphatic carboxylic acids is 1. The Morgan fingerprint density at radius 3 is 2.06 bits per heavy atom. The number of nitrogens with zero attached hydrogens (tertiary/aromatic N) is 1. The Kier molecular flexibility index (Phi) is 10.4. The van der Waals surface area contributed by atoms with E-state index in [9.17, 15) is 19.5 Å². The standard InChI is InChI=1S/C25H45N3O4/c1-15(2)18(6)28-13-11-10-12-20(28)22(29)27-21(25(7,8)9)23(30)26-19(16(3)4)14-17(5)24(31)32/h14-16,18-21H,10-13H2,1-9H3,(H,26,30)(H,27,29)(H,31,32)/b17-14+/t18?,19-,20?,21-/m1/s1. The van der Waals surface area contributed by atoms with E-state index in [0.29, 0.717) is 5.92 Å². The molecule has 7 heteroatoms. The van der Waals surface area contributed by atoms with Gasteiger partial charge < -0.3 is 15.7 Å². The highest BCUT2D eigenvalue weighted by Gasteiger charge is 2.38. The molecule has 1 heterocycles. The second kappa shape index (κ2) is 11.8. The molecule has 4 atom stereocenters. The minimum atomic E-state index is -1.01. The SMILES string of the molecule is C/C(=C\[C@@H](NC(=O)[C@@H](NC(=O)C1CCCCN1C(C)C(C)C)C(C)(C)C)C(C)C)C(=O)O. The zero-order valence-corrected chi connectivity index (χ0v) is 21.5. The normalized spacial score (nSPS) is 21.2.